The Labute approximate surface area is 117 Å². The van der Waals surface area contributed by atoms with Crippen molar-refractivity contribution in [3.63, 3.8) is 0 Å². The fraction of sp³-hybridized carbons (Fsp3) is 1.00. The molecule has 0 aromatic carbocycles. The standard InChI is InChI=1S/C15H30N2O2/c1-12-4-3-5-15(13(12)2)16-10-14(18)11-17-6-8-19-9-7-17/h12-16,18H,3-11H2,1-2H3. The van der Waals surface area contributed by atoms with Crippen LogP contribution in [0.15, 0.2) is 0 Å². The highest BCUT2D eigenvalue weighted by atomic mass is 16.5. The monoisotopic (exact) mass is 270 g/mol. The molecule has 1 heterocycles. The number of nitrogens with one attached hydrogen (secondary N) is 1. The van der Waals surface area contributed by atoms with Crippen molar-refractivity contribution in [2.75, 3.05) is 39.4 Å². The molecular formula is C15H30N2O2. The molecule has 112 valence electrons. The summed E-state index contributed by atoms with van der Waals surface area (Å²) in [7, 11) is 0. The van der Waals surface area contributed by atoms with Crippen molar-refractivity contribution in [1.29, 1.82) is 0 Å². The van der Waals surface area contributed by atoms with Gasteiger partial charge in [-0.25, -0.2) is 0 Å². The number of β-amino-alcohol motifs (C(OH)–C–C–N with tert-alkyl or cyclic N) is 1. The Kier molecular flexibility index (Phi) is 6.07. The lowest BCUT2D eigenvalue weighted by molar-refractivity contribution is 0.0136. The fourth-order valence-corrected chi connectivity index (χ4v) is 3.30. The maximum absolute atomic E-state index is 10.1. The first-order valence-electron chi connectivity index (χ1n) is 7.88. The highest BCUT2D eigenvalue weighted by Crippen LogP contribution is 2.29. The zero-order valence-corrected chi connectivity index (χ0v) is 12.5. The summed E-state index contributed by atoms with van der Waals surface area (Å²) in [6.45, 7) is 9.70. The van der Waals surface area contributed by atoms with E-state index in [1.54, 1.807) is 0 Å². The average Bonchev–Trinajstić information content (AvgIpc) is 2.42. The molecule has 4 unspecified atom stereocenters. The quantitative estimate of drug-likeness (QED) is 0.785. The van der Waals surface area contributed by atoms with Crippen molar-refractivity contribution in [1.82, 2.24) is 10.2 Å². The molecule has 2 N–H and O–H groups in total. The average molecular weight is 270 g/mol. The Hall–Kier alpha value is -0.160. The van der Waals surface area contributed by atoms with Crippen molar-refractivity contribution in [3.8, 4) is 0 Å². The van der Waals surface area contributed by atoms with Crippen LogP contribution in [0.3, 0.4) is 0 Å². The van der Waals surface area contributed by atoms with Gasteiger partial charge >= 0.3 is 0 Å². The van der Waals surface area contributed by atoms with Crippen LogP contribution in [0.5, 0.6) is 0 Å². The van der Waals surface area contributed by atoms with Crippen LogP contribution in [-0.2, 0) is 4.74 Å². The second-order valence-electron chi connectivity index (χ2n) is 6.35. The van der Waals surface area contributed by atoms with Crippen LogP contribution in [0, 0.1) is 11.8 Å². The molecule has 19 heavy (non-hydrogen) atoms. The van der Waals surface area contributed by atoms with Gasteiger partial charge in [-0.3, -0.25) is 4.90 Å². The van der Waals surface area contributed by atoms with Crippen LogP contribution >= 0.6 is 0 Å². The Bertz CT molecular complexity index is 257. The second kappa shape index (κ2) is 7.58. The number of hydrogen-bond acceptors (Lipinski definition) is 4. The van der Waals surface area contributed by atoms with Crippen molar-refractivity contribution in [2.45, 2.75) is 45.3 Å². The molecule has 0 bridgehead atoms. The lowest BCUT2D eigenvalue weighted by Gasteiger charge is -2.36. The van der Waals surface area contributed by atoms with Crippen LogP contribution in [0.1, 0.15) is 33.1 Å². The molecule has 0 amide bonds. The van der Waals surface area contributed by atoms with Crippen molar-refractivity contribution < 1.29 is 9.84 Å². The van der Waals surface area contributed by atoms with Crippen molar-refractivity contribution >= 4 is 0 Å². The maximum atomic E-state index is 10.1. The molecule has 4 atom stereocenters. The molecular weight excluding hydrogens is 240 g/mol. The summed E-state index contributed by atoms with van der Waals surface area (Å²) in [5, 5.41) is 13.7. The first-order chi connectivity index (χ1) is 9.16. The van der Waals surface area contributed by atoms with Gasteiger partial charge in [-0.15, -0.1) is 0 Å². The molecule has 0 aromatic heterocycles. The normalized spacial score (nSPS) is 35.2. The largest absolute Gasteiger partial charge is 0.390 e. The van der Waals surface area contributed by atoms with E-state index in [9.17, 15) is 5.11 Å². The van der Waals surface area contributed by atoms with Crippen LogP contribution < -0.4 is 5.32 Å². The maximum Gasteiger partial charge on any atom is 0.0791 e. The van der Waals surface area contributed by atoms with Crippen molar-refractivity contribution in [3.05, 3.63) is 0 Å². The Balaban J connectivity index is 1.66. The van der Waals surface area contributed by atoms with Gasteiger partial charge in [-0.05, 0) is 18.3 Å². The molecule has 1 aliphatic heterocycles. The lowest BCUT2D eigenvalue weighted by atomic mass is 9.78. The number of ether oxygens (including phenoxy) is 1. The Morgan fingerprint density at radius 3 is 2.74 bits per heavy atom. The summed E-state index contributed by atoms with van der Waals surface area (Å²) in [5.41, 5.74) is 0. The van der Waals surface area contributed by atoms with E-state index in [1.807, 2.05) is 0 Å². The van der Waals surface area contributed by atoms with E-state index in [4.69, 9.17) is 4.74 Å². The zero-order chi connectivity index (χ0) is 13.7. The number of rotatable bonds is 5. The molecule has 2 rings (SSSR count). The van der Waals surface area contributed by atoms with Crippen LogP contribution in [0.2, 0.25) is 0 Å². The predicted octanol–water partition coefficient (Wildman–Crippen LogP) is 1.09. The topological polar surface area (TPSA) is 44.7 Å². The van der Waals surface area contributed by atoms with Crippen molar-refractivity contribution in [2.24, 2.45) is 11.8 Å². The van der Waals surface area contributed by atoms with E-state index < -0.39 is 0 Å². The second-order valence-corrected chi connectivity index (χ2v) is 6.35. The van der Waals surface area contributed by atoms with E-state index >= 15 is 0 Å². The summed E-state index contributed by atoms with van der Waals surface area (Å²) in [5.74, 6) is 1.53. The van der Waals surface area contributed by atoms with Gasteiger partial charge < -0.3 is 15.2 Å². The first-order valence-corrected chi connectivity index (χ1v) is 7.88. The number of hydrogen-bond donors (Lipinski definition) is 2. The van der Waals surface area contributed by atoms with Crippen LogP contribution in [-0.4, -0.2) is 61.5 Å². The third-order valence-electron chi connectivity index (χ3n) is 4.90. The van der Waals surface area contributed by atoms with E-state index in [0.717, 1.165) is 51.2 Å². The van der Waals surface area contributed by atoms with Crippen LogP contribution in [0.4, 0.5) is 0 Å². The molecule has 0 spiro atoms. The predicted molar refractivity (Wildman–Crippen MR) is 77.2 cm³/mol. The van der Waals surface area contributed by atoms with Gasteiger partial charge in [0.25, 0.3) is 0 Å². The molecule has 4 nitrogen and oxygen atoms in total. The van der Waals surface area contributed by atoms with Gasteiger partial charge in [0.15, 0.2) is 0 Å². The minimum Gasteiger partial charge on any atom is -0.390 e. The molecule has 1 saturated heterocycles. The van der Waals surface area contributed by atoms with Gasteiger partial charge in [-0.2, -0.15) is 0 Å². The van der Waals surface area contributed by atoms with E-state index in [1.165, 1.54) is 19.3 Å². The highest BCUT2D eigenvalue weighted by molar-refractivity contribution is 4.83. The van der Waals surface area contributed by atoms with E-state index in [-0.39, 0.29) is 6.10 Å². The van der Waals surface area contributed by atoms with Gasteiger partial charge in [0.2, 0.25) is 0 Å². The fourth-order valence-electron chi connectivity index (χ4n) is 3.30. The molecule has 1 aliphatic carbocycles. The van der Waals surface area contributed by atoms with E-state index in [0.29, 0.717) is 6.04 Å². The van der Waals surface area contributed by atoms with Gasteiger partial charge in [0, 0.05) is 32.2 Å². The molecule has 0 aromatic rings. The molecule has 0 radical (unpaired) electrons. The summed E-state index contributed by atoms with van der Waals surface area (Å²) in [4.78, 5) is 2.29. The summed E-state index contributed by atoms with van der Waals surface area (Å²) < 4.78 is 5.32. The van der Waals surface area contributed by atoms with Crippen LogP contribution in [0.25, 0.3) is 0 Å². The minimum atomic E-state index is -0.262. The summed E-state index contributed by atoms with van der Waals surface area (Å²) >= 11 is 0. The first kappa shape index (κ1) is 15.2. The number of aliphatic hydroxyl groups excluding tert-OH is 1. The Morgan fingerprint density at radius 2 is 2.00 bits per heavy atom. The lowest BCUT2D eigenvalue weighted by Crippen LogP contribution is -2.47. The third kappa shape index (κ3) is 4.71. The summed E-state index contributed by atoms with van der Waals surface area (Å²) in [6.07, 6.45) is 3.68. The molecule has 2 fully saturated rings. The summed E-state index contributed by atoms with van der Waals surface area (Å²) in [6, 6.07) is 0.586. The van der Waals surface area contributed by atoms with E-state index in [2.05, 4.69) is 24.1 Å². The number of morpholine rings is 1. The highest BCUT2D eigenvalue weighted by Gasteiger charge is 2.27. The SMILES string of the molecule is CC1CCCC(NCC(O)CN2CCOCC2)C1C. The number of nitrogens with zero attached hydrogens (tertiary/aromatic N) is 1. The molecule has 1 saturated carbocycles. The van der Waals surface area contributed by atoms with Gasteiger partial charge in [-0.1, -0.05) is 26.7 Å². The smallest absolute Gasteiger partial charge is 0.0791 e. The third-order valence-corrected chi connectivity index (χ3v) is 4.90. The Morgan fingerprint density at radius 1 is 1.26 bits per heavy atom. The van der Waals surface area contributed by atoms with Gasteiger partial charge in [0.05, 0.1) is 19.3 Å². The minimum absolute atomic E-state index is 0.262. The molecule has 2 aliphatic rings. The zero-order valence-electron chi connectivity index (χ0n) is 12.5. The van der Waals surface area contributed by atoms with Gasteiger partial charge in [0.1, 0.15) is 0 Å². The molecule has 4 heteroatoms. The number of aliphatic hydroxyl groups is 1.